The topological polar surface area (TPSA) is 40.5 Å². The van der Waals surface area contributed by atoms with Crippen molar-refractivity contribution in [2.24, 2.45) is 11.8 Å². The van der Waals surface area contributed by atoms with Crippen LogP contribution in [0.2, 0.25) is 0 Å². The van der Waals surface area contributed by atoms with Crippen molar-refractivity contribution in [2.45, 2.75) is 45.1 Å². The number of fused-ring (bicyclic) bond motifs is 1. The molecule has 0 aromatic heterocycles. The third kappa shape index (κ3) is 2.17. The Hall–Kier alpha value is -0.570. The fraction of sp³-hybridized carbons (Fsp3) is 0.917. The SMILES string of the molecule is CC(C)(CC(=O)O)N1CC2CCCC2C1. The molecule has 1 saturated carbocycles. The molecule has 0 aromatic carbocycles. The van der Waals surface area contributed by atoms with Crippen LogP contribution in [-0.2, 0) is 4.79 Å². The predicted molar refractivity (Wildman–Crippen MR) is 58.7 cm³/mol. The first-order chi connectivity index (χ1) is 6.99. The van der Waals surface area contributed by atoms with Gasteiger partial charge < -0.3 is 5.11 Å². The number of carboxylic acid groups (broad SMARTS) is 1. The second kappa shape index (κ2) is 3.78. The second-order valence-corrected chi connectivity index (χ2v) is 5.74. The minimum absolute atomic E-state index is 0.170. The molecule has 1 heterocycles. The van der Waals surface area contributed by atoms with E-state index in [9.17, 15) is 4.79 Å². The number of carboxylic acids is 1. The van der Waals surface area contributed by atoms with Gasteiger partial charge in [-0.1, -0.05) is 6.42 Å². The van der Waals surface area contributed by atoms with Crippen molar-refractivity contribution in [3.8, 4) is 0 Å². The van der Waals surface area contributed by atoms with Crippen LogP contribution < -0.4 is 0 Å². The van der Waals surface area contributed by atoms with Gasteiger partial charge in [-0.05, 0) is 38.5 Å². The molecule has 1 saturated heterocycles. The molecule has 1 aliphatic heterocycles. The molecule has 0 bridgehead atoms. The molecule has 15 heavy (non-hydrogen) atoms. The third-order valence-electron chi connectivity index (χ3n) is 4.17. The molecular weight excluding hydrogens is 190 g/mol. The molecule has 0 aromatic rings. The maximum Gasteiger partial charge on any atom is 0.305 e. The maximum absolute atomic E-state index is 10.8. The molecule has 2 rings (SSSR count). The number of nitrogens with zero attached hydrogens (tertiary/aromatic N) is 1. The Morgan fingerprint density at radius 2 is 1.87 bits per heavy atom. The molecule has 0 amide bonds. The summed E-state index contributed by atoms with van der Waals surface area (Å²) in [6.45, 7) is 6.35. The van der Waals surface area contributed by atoms with Crippen molar-refractivity contribution in [3.63, 3.8) is 0 Å². The molecule has 1 N–H and O–H groups in total. The molecule has 86 valence electrons. The minimum atomic E-state index is -0.683. The van der Waals surface area contributed by atoms with E-state index in [2.05, 4.69) is 18.7 Å². The first kappa shape index (κ1) is 10.9. The minimum Gasteiger partial charge on any atom is -0.481 e. The van der Waals surface area contributed by atoms with Gasteiger partial charge >= 0.3 is 5.97 Å². The molecule has 3 heteroatoms. The van der Waals surface area contributed by atoms with E-state index in [1.54, 1.807) is 0 Å². The molecule has 0 radical (unpaired) electrons. The van der Waals surface area contributed by atoms with Gasteiger partial charge in [0.1, 0.15) is 0 Å². The van der Waals surface area contributed by atoms with E-state index < -0.39 is 5.97 Å². The summed E-state index contributed by atoms with van der Waals surface area (Å²) in [5.41, 5.74) is -0.170. The van der Waals surface area contributed by atoms with E-state index in [1.807, 2.05) is 0 Å². The monoisotopic (exact) mass is 211 g/mol. The Morgan fingerprint density at radius 1 is 1.33 bits per heavy atom. The van der Waals surface area contributed by atoms with Crippen molar-refractivity contribution in [3.05, 3.63) is 0 Å². The number of likely N-dealkylation sites (tertiary alicyclic amines) is 1. The Labute approximate surface area is 91.5 Å². The predicted octanol–water partition coefficient (Wildman–Crippen LogP) is 1.97. The van der Waals surface area contributed by atoms with Crippen LogP contribution in [0.5, 0.6) is 0 Å². The summed E-state index contributed by atoms with van der Waals surface area (Å²) < 4.78 is 0. The lowest BCUT2D eigenvalue weighted by molar-refractivity contribution is -0.139. The Balaban J connectivity index is 1.97. The van der Waals surface area contributed by atoms with Gasteiger partial charge in [0.2, 0.25) is 0 Å². The zero-order valence-corrected chi connectivity index (χ0v) is 9.70. The number of aliphatic carboxylic acids is 1. The van der Waals surface area contributed by atoms with Gasteiger partial charge in [-0.3, -0.25) is 9.69 Å². The summed E-state index contributed by atoms with van der Waals surface area (Å²) in [6.07, 6.45) is 4.34. The fourth-order valence-corrected chi connectivity index (χ4v) is 3.21. The van der Waals surface area contributed by atoms with Gasteiger partial charge in [0, 0.05) is 18.6 Å². The summed E-state index contributed by atoms with van der Waals surface area (Å²) in [5.74, 6) is 1.01. The smallest absolute Gasteiger partial charge is 0.305 e. The van der Waals surface area contributed by atoms with Crippen LogP contribution in [0.25, 0.3) is 0 Å². The number of rotatable bonds is 3. The van der Waals surface area contributed by atoms with E-state index in [4.69, 9.17) is 5.11 Å². The van der Waals surface area contributed by atoms with Crippen molar-refractivity contribution >= 4 is 5.97 Å². The molecule has 1 aliphatic carbocycles. The van der Waals surface area contributed by atoms with E-state index >= 15 is 0 Å². The average molecular weight is 211 g/mol. The van der Waals surface area contributed by atoms with Crippen LogP contribution in [0.3, 0.4) is 0 Å². The van der Waals surface area contributed by atoms with E-state index in [0.29, 0.717) is 0 Å². The van der Waals surface area contributed by atoms with Crippen LogP contribution in [-0.4, -0.2) is 34.6 Å². The second-order valence-electron chi connectivity index (χ2n) is 5.74. The highest BCUT2D eigenvalue weighted by atomic mass is 16.4. The van der Waals surface area contributed by atoms with Crippen molar-refractivity contribution < 1.29 is 9.90 Å². The molecule has 2 fully saturated rings. The molecule has 2 atom stereocenters. The van der Waals surface area contributed by atoms with Crippen LogP contribution >= 0.6 is 0 Å². The highest BCUT2D eigenvalue weighted by Gasteiger charge is 2.42. The van der Waals surface area contributed by atoms with Crippen LogP contribution in [0.1, 0.15) is 39.5 Å². The normalized spacial score (nSPS) is 31.9. The summed E-state index contributed by atoms with van der Waals surface area (Å²) in [6, 6.07) is 0. The summed E-state index contributed by atoms with van der Waals surface area (Å²) in [7, 11) is 0. The van der Waals surface area contributed by atoms with E-state index in [0.717, 1.165) is 24.9 Å². The zero-order chi connectivity index (χ0) is 11.1. The first-order valence-corrected chi connectivity index (χ1v) is 5.96. The van der Waals surface area contributed by atoms with Gasteiger partial charge in [0.15, 0.2) is 0 Å². The van der Waals surface area contributed by atoms with Gasteiger partial charge in [-0.25, -0.2) is 0 Å². The zero-order valence-electron chi connectivity index (χ0n) is 9.70. The summed E-state index contributed by atoms with van der Waals surface area (Å²) in [4.78, 5) is 13.2. The lowest BCUT2D eigenvalue weighted by Gasteiger charge is -2.34. The van der Waals surface area contributed by atoms with E-state index in [1.165, 1.54) is 19.3 Å². The fourth-order valence-electron chi connectivity index (χ4n) is 3.21. The Bertz CT molecular complexity index is 250. The average Bonchev–Trinajstić information content (AvgIpc) is 2.56. The van der Waals surface area contributed by atoms with Gasteiger partial charge in [-0.2, -0.15) is 0 Å². The Morgan fingerprint density at radius 3 is 2.33 bits per heavy atom. The lowest BCUT2D eigenvalue weighted by atomic mass is 9.98. The Kier molecular flexibility index (Phi) is 2.75. The highest BCUT2D eigenvalue weighted by molar-refractivity contribution is 5.68. The van der Waals surface area contributed by atoms with Crippen LogP contribution in [0.15, 0.2) is 0 Å². The van der Waals surface area contributed by atoms with Crippen molar-refractivity contribution in [2.75, 3.05) is 13.1 Å². The van der Waals surface area contributed by atoms with Gasteiger partial charge in [0.05, 0.1) is 6.42 Å². The van der Waals surface area contributed by atoms with Crippen LogP contribution in [0, 0.1) is 11.8 Å². The standard InChI is InChI=1S/C12H21NO2/c1-12(2,6-11(14)15)13-7-9-4-3-5-10(9)8-13/h9-10H,3-8H2,1-2H3,(H,14,15). The van der Waals surface area contributed by atoms with E-state index in [-0.39, 0.29) is 12.0 Å². The number of hydrogen-bond acceptors (Lipinski definition) is 2. The molecular formula is C12H21NO2. The lowest BCUT2D eigenvalue weighted by Crippen LogP contribution is -2.44. The highest BCUT2D eigenvalue weighted by Crippen LogP contribution is 2.40. The molecule has 2 unspecified atom stereocenters. The third-order valence-corrected chi connectivity index (χ3v) is 4.17. The molecule has 3 nitrogen and oxygen atoms in total. The quantitative estimate of drug-likeness (QED) is 0.776. The summed E-state index contributed by atoms with van der Waals surface area (Å²) >= 11 is 0. The summed E-state index contributed by atoms with van der Waals surface area (Å²) in [5, 5.41) is 8.89. The number of carbonyl (C=O) groups is 1. The molecule has 2 aliphatic rings. The largest absolute Gasteiger partial charge is 0.481 e. The first-order valence-electron chi connectivity index (χ1n) is 5.96. The van der Waals surface area contributed by atoms with Gasteiger partial charge in [0.25, 0.3) is 0 Å². The van der Waals surface area contributed by atoms with Crippen LogP contribution in [0.4, 0.5) is 0 Å². The van der Waals surface area contributed by atoms with Gasteiger partial charge in [-0.15, -0.1) is 0 Å². The number of hydrogen-bond donors (Lipinski definition) is 1. The van der Waals surface area contributed by atoms with Crippen molar-refractivity contribution in [1.29, 1.82) is 0 Å². The molecule has 0 spiro atoms. The maximum atomic E-state index is 10.8. The van der Waals surface area contributed by atoms with Crippen molar-refractivity contribution in [1.82, 2.24) is 4.90 Å².